The zero-order chi connectivity index (χ0) is 19.9. The van der Waals surface area contributed by atoms with E-state index in [1.807, 2.05) is 50.2 Å². The van der Waals surface area contributed by atoms with Gasteiger partial charge in [0.1, 0.15) is 12.4 Å². The van der Waals surface area contributed by atoms with Gasteiger partial charge in [0.2, 0.25) is 11.8 Å². The summed E-state index contributed by atoms with van der Waals surface area (Å²) >= 11 is 0. The fourth-order valence-corrected chi connectivity index (χ4v) is 3.39. The Balaban J connectivity index is 1.46. The predicted octanol–water partition coefficient (Wildman–Crippen LogP) is 3.64. The van der Waals surface area contributed by atoms with Crippen LogP contribution in [0.3, 0.4) is 0 Å². The molecule has 0 bridgehead atoms. The second-order valence-electron chi connectivity index (χ2n) is 7.36. The predicted molar refractivity (Wildman–Crippen MR) is 111 cm³/mol. The van der Waals surface area contributed by atoms with Gasteiger partial charge in [-0.05, 0) is 49.9 Å². The van der Waals surface area contributed by atoms with Gasteiger partial charge in [-0.25, -0.2) is 0 Å². The molecule has 0 saturated heterocycles. The molecule has 1 aliphatic heterocycles. The molecular weight excluding hydrogens is 352 g/mol. The number of carbonyl (C=O) groups is 2. The van der Waals surface area contributed by atoms with Crippen LogP contribution in [0.15, 0.2) is 48.5 Å². The fourth-order valence-electron chi connectivity index (χ4n) is 3.39. The van der Waals surface area contributed by atoms with Crippen LogP contribution in [0.4, 0.5) is 5.69 Å². The van der Waals surface area contributed by atoms with Crippen LogP contribution in [0.1, 0.15) is 37.3 Å². The van der Waals surface area contributed by atoms with E-state index in [4.69, 9.17) is 4.74 Å². The first kappa shape index (κ1) is 19.9. The molecule has 5 nitrogen and oxygen atoms in total. The number of amides is 2. The maximum atomic E-state index is 12.7. The first-order valence-corrected chi connectivity index (χ1v) is 9.90. The number of carbonyl (C=O) groups excluding carboxylic acids is 2. The van der Waals surface area contributed by atoms with Crippen LogP contribution in [0.25, 0.3) is 0 Å². The molecule has 0 fully saturated rings. The van der Waals surface area contributed by atoms with Crippen molar-refractivity contribution in [2.24, 2.45) is 0 Å². The van der Waals surface area contributed by atoms with Gasteiger partial charge in [-0.1, -0.05) is 36.4 Å². The Kier molecular flexibility index (Phi) is 6.69. The van der Waals surface area contributed by atoms with Crippen LogP contribution >= 0.6 is 0 Å². The molecule has 2 amide bonds. The van der Waals surface area contributed by atoms with Gasteiger partial charge >= 0.3 is 0 Å². The van der Waals surface area contributed by atoms with Gasteiger partial charge in [0.05, 0.1) is 12.2 Å². The van der Waals surface area contributed by atoms with Crippen molar-refractivity contribution < 1.29 is 14.3 Å². The van der Waals surface area contributed by atoms with E-state index in [1.54, 1.807) is 4.90 Å². The monoisotopic (exact) mass is 380 g/mol. The van der Waals surface area contributed by atoms with E-state index < -0.39 is 0 Å². The van der Waals surface area contributed by atoms with Crippen LogP contribution in [0.5, 0.6) is 5.75 Å². The quantitative estimate of drug-likeness (QED) is 0.798. The lowest BCUT2D eigenvalue weighted by atomic mass is 10.1. The Morgan fingerprint density at radius 1 is 1.14 bits per heavy atom. The summed E-state index contributed by atoms with van der Waals surface area (Å²) in [5.74, 6) is 0.609. The summed E-state index contributed by atoms with van der Waals surface area (Å²) in [4.78, 5) is 26.6. The van der Waals surface area contributed by atoms with E-state index in [0.717, 1.165) is 29.8 Å². The van der Waals surface area contributed by atoms with Crippen molar-refractivity contribution in [1.29, 1.82) is 0 Å². The molecule has 0 aliphatic carbocycles. The van der Waals surface area contributed by atoms with E-state index in [9.17, 15) is 9.59 Å². The van der Waals surface area contributed by atoms with E-state index in [1.165, 1.54) is 5.56 Å². The molecule has 0 spiro atoms. The summed E-state index contributed by atoms with van der Waals surface area (Å²) in [5.41, 5.74) is 3.14. The van der Waals surface area contributed by atoms with Crippen LogP contribution in [-0.2, 0) is 16.0 Å². The number of aryl methyl sites for hydroxylation is 2. The Morgan fingerprint density at radius 2 is 1.93 bits per heavy atom. The SMILES string of the molecule is Cc1ccc2c(c1)N(C(=O)CCC(=O)NC(C)CCc1ccccc1)CCO2. The van der Waals surface area contributed by atoms with Crippen molar-refractivity contribution >= 4 is 17.5 Å². The van der Waals surface area contributed by atoms with Crippen molar-refractivity contribution in [2.45, 2.75) is 45.6 Å². The number of ether oxygens (including phenoxy) is 1. The standard InChI is InChI=1S/C23H28N2O3/c1-17-8-11-21-20(16-17)25(14-15-28-21)23(27)13-12-22(26)24-18(2)9-10-19-6-4-3-5-7-19/h3-8,11,16,18H,9-10,12-15H2,1-2H3,(H,24,26). The molecule has 3 rings (SSSR count). The van der Waals surface area contributed by atoms with Crippen molar-refractivity contribution in [1.82, 2.24) is 5.32 Å². The lowest BCUT2D eigenvalue weighted by Gasteiger charge is -2.30. The molecule has 28 heavy (non-hydrogen) atoms. The molecule has 0 aromatic heterocycles. The molecule has 0 radical (unpaired) electrons. The van der Waals surface area contributed by atoms with Gasteiger partial charge in [0.25, 0.3) is 0 Å². The van der Waals surface area contributed by atoms with Gasteiger partial charge in [0.15, 0.2) is 0 Å². The highest BCUT2D eigenvalue weighted by atomic mass is 16.5. The van der Waals surface area contributed by atoms with Gasteiger partial charge in [-0.2, -0.15) is 0 Å². The summed E-state index contributed by atoms with van der Waals surface area (Å²) in [5, 5.41) is 3.00. The minimum Gasteiger partial charge on any atom is -0.490 e. The van der Waals surface area contributed by atoms with Crippen LogP contribution in [-0.4, -0.2) is 31.0 Å². The number of anilines is 1. The third kappa shape index (κ3) is 5.35. The van der Waals surface area contributed by atoms with Crippen molar-refractivity contribution in [2.75, 3.05) is 18.1 Å². The molecule has 0 saturated carbocycles. The molecule has 2 aromatic rings. The number of nitrogens with zero attached hydrogens (tertiary/aromatic N) is 1. The third-order valence-electron chi connectivity index (χ3n) is 4.96. The van der Waals surface area contributed by atoms with Gasteiger partial charge in [0, 0.05) is 18.9 Å². The normalized spacial score (nSPS) is 14.0. The minimum atomic E-state index is -0.0772. The lowest BCUT2D eigenvalue weighted by molar-refractivity contribution is -0.125. The van der Waals surface area contributed by atoms with Crippen molar-refractivity contribution in [3.8, 4) is 5.75 Å². The highest BCUT2D eigenvalue weighted by Gasteiger charge is 2.24. The second kappa shape index (κ2) is 9.40. The number of hydrogen-bond acceptors (Lipinski definition) is 3. The summed E-state index contributed by atoms with van der Waals surface area (Å²) in [7, 11) is 0. The number of benzene rings is 2. The highest BCUT2D eigenvalue weighted by molar-refractivity contribution is 5.97. The topological polar surface area (TPSA) is 58.6 Å². The van der Waals surface area contributed by atoms with Gasteiger partial charge in [-0.15, -0.1) is 0 Å². The fraction of sp³-hybridized carbons (Fsp3) is 0.391. The molecule has 5 heteroatoms. The summed E-state index contributed by atoms with van der Waals surface area (Å²) in [6, 6.07) is 16.1. The number of rotatable bonds is 7. The molecular formula is C23H28N2O3. The zero-order valence-electron chi connectivity index (χ0n) is 16.6. The second-order valence-corrected chi connectivity index (χ2v) is 7.36. The van der Waals surface area contributed by atoms with Crippen LogP contribution < -0.4 is 15.0 Å². The number of fused-ring (bicyclic) bond motifs is 1. The number of nitrogens with one attached hydrogen (secondary N) is 1. The Morgan fingerprint density at radius 3 is 2.71 bits per heavy atom. The molecule has 1 N–H and O–H groups in total. The largest absolute Gasteiger partial charge is 0.490 e. The van der Waals surface area contributed by atoms with Crippen molar-refractivity contribution in [3.05, 3.63) is 59.7 Å². The summed E-state index contributed by atoms with van der Waals surface area (Å²) < 4.78 is 5.63. The minimum absolute atomic E-state index is 0.0396. The van der Waals surface area contributed by atoms with Crippen molar-refractivity contribution in [3.63, 3.8) is 0 Å². The Labute approximate surface area is 166 Å². The molecule has 148 valence electrons. The first-order valence-electron chi connectivity index (χ1n) is 9.90. The maximum absolute atomic E-state index is 12.7. The molecule has 1 aliphatic rings. The van der Waals surface area contributed by atoms with Crippen LogP contribution in [0.2, 0.25) is 0 Å². The molecule has 1 atom stereocenters. The zero-order valence-corrected chi connectivity index (χ0v) is 16.6. The molecule has 1 heterocycles. The Bertz CT molecular complexity index is 820. The average molecular weight is 380 g/mol. The first-order chi connectivity index (χ1) is 13.5. The van der Waals surface area contributed by atoms with Crippen LogP contribution in [0, 0.1) is 6.92 Å². The molecule has 2 aromatic carbocycles. The summed E-state index contributed by atoms with van der Waals surface area (Å²) in [6.07, 6.45) is 2.20. The average Bonchev–Trinajstić information content (AvgIpc) is 2.70. The molecule has 1 unspecified atom stereocenters. The van der Waals surface area contributed by atoms with E-state index in [0.29, 0.717) is 13.2 Å². The van der Waals surface area contributed by atoms with Gasteiger partial charge in [-0.3, -0.25) is 9.59 Å². The van der Waals surface area contributed by atoms with Gasteiger partial charge < -0.3 is 15.0 Å². The summed E-state index contributed by atoms with van der Waals surface area (Å²) in [6.45, 7) is 4.99. The third-order valence-corrected chi connectivity index (χ3v) is 4.96. The lowest BCUT2D eigenvalue weighted by Crippen LogP contribution is -2.39. The van der Waals surface area contributed by atoms with E-state index in [2.05, 4.69) is 17.4 Å². The smallest absolute Gasteiger partial charge is 0.227 e. The highest BCUT2D eigenvalue weighted by Crippen LogP contribution is 2.32. The van der Waals surface area contributed by atoms with E-state index in [-0.39, 0.29) is 30.7 Å². The Hall–Kier alpha value is -2.82. The van der Waals surface area contributed by atoms with E-state index >= 15 is 0 Å². The number of hydrogen-bond donors (Lipinski definition) is 1. The maximum Gasteiger partial charge on any atom is 0.227 e.